The standard InChI is InChI=1S/C9H10N.Y/c1-2-8-5-3-4-6-9(8)7-10;/h1-6H,7,10H2;/q-1;. The number of benzene rings is 1. The van der Waals surface area contributed by atoms with Gasteiger partial charge in [-0.15, -0.1) is 11.6 Å². The van der Waals surface area contributed by atoms with Crippen LogP contribution in [0.1, 0.15) is 11.1 Å². The summed E-state index contributed by atoms with van der Waals surface area (Å²) in [5.74, 6) is 0. The van der Waals surface area contributed by atoms with Crippen LogP contribution in [-0.4, -0.2) is 0 Å². The van der Waals surface area contributed by atoms with Crippen LogP contribution < -0.4 is 5.73 Å². The molecular weight excluding hydrogens is 211 g/mol. The zero-order valence-corrected chi connectivity index (χ0v) is 9.16. The molecular formula is C9H10NY-. The third-order valence-electron chi connectivity index (χ3n) is 1.45. The number of rotatable bonds is 2. The molecule has 2 heteroatoms. The van der Waals surface area contributed by atoms with E-state index in [1.54, 1.807) is 6.08 Å². The molecule has 0 saturated heterocycles. The van der Waals surface area contributed by atoms with E-state index in [1.165, 1.54) is 0 Å². The van der Waals surface area contributed by atoms with Gasteiger partial charge in [0.05, 0.1) is 0 Å². The summed E-state index contributed by atoms with van der Waals surface area (Å²) < 4.78 is 0. The summed E-state index contributed by atoms with van der Waals surface area (Å²) in [5, 5.41) is 0. The maximum atomic E-state index is 5.45. The third-order valence-corrected chi connectivity index (χ3v) is 1.45. The number of hydrogen-bond donors (Lipinski definition) is 1. The first-order valence-electron chi connectivity index (χ1n) is 3.21. The van der Waals surface area contributed by atoms with Gasteiger partial charge in [-0.25, -0.2) is 6.08 Å². The van der Waals surface area contributed by atoms with E-state index in [-0.39, 0.29) is 32.7 Å². The summed E-state index contributed by atoms with van der Waals surface area (Å²) in [6.45, 7) is 5.89. The normalized spacial score (nSPS) is 8.45. The molecule has 1 aromatic rings. The van der Waals surface area contributed by atoms with E-state index >= 15 is 0 Å². The maximum absolute atomic E-state index is 5.45. The molecule has 0 atom stereocenters. The van der Waals surface area contributed by atoms with Crippen molar-refractivity contribution in [1.82, 2.24) is 0 Å². The topological polar surface area (TPSA) is 26.0 Å². The molecule has 0 aliphatic carbocycles. The largest absolute Gasteiger partial charge is 0.328 e. The Morgan fingerprint density at radius 3 is 2.45 bits per heavy atom. The van der Waals surface area contributed by atoms with Gasteiger partial charge >= 0.3 is 0 Å². The summed E-state index contributed by atoms with van der Waals surface area (Å²) in [4.78, 5) is 0. The molecule has 0 bridgehead atoms. The molecule has 55 valence electrons. The van der Waals surface area contributed by atoms with Gasteiger partial charge in [0.2, 0.25) is 0 Å². The SMILES string of the molecule is [CH-]=Cc1ccccc1CN.[Y]. The van der Waals surface area contributed by atoms with Gasteiger partial charge in [0, 0.05) is 39.3 Å². The van der Waals surface area contributed by atoms with Crippen LogP contribution in [0.3, 0.4) is 0 Å². The third kappa shape index (κ3) is 2.86. The van der Waals surface area contributed by atoms with Crippen LogP contribution >= 0.6 is 0 Å². The van der Waals surface area contributed by atoms with Crippen molar-refractivity contribution < 1.29 is 32.7 Å². The van der Waals surface area contributed by atoms with E-state index in [1.807, 2.05) is 24.3 Å². The fourth-order valence-electron chi connectivity index (χ4n) is 0.883. The van der Waals surface area contributed by atoms with E-state index in [2.05, 4.69) is 0 Å². The Morgan fingerprint density at radius 1 is 1.36 bits per heavy atom. The number of nitrogens with two attached hydrogens (primary N) is 1. The molecule has 1 rings (SSSR count). The van der Waals surface area contributed by atoms with Crippen LogP contribution in [0.2, 0.25) is 0 Å². The second-order valence-corrected chi connectivity index (χ2v) is 2.07. The van der Waals surface area contributed by atoms with E-state index in [0.29, 0.717) is 6.54 Å². The van der Waals surface area contributed by atoms with Gasteiger partial charge in [-0.3, -0.25) is 6.58 Å². The van der Waals surface area contributed by atoms with Gasteiger partial charge in [-0.1, -0.05) is 18.2 Å². The average Bonchev–Trinajstić information content (AvgIpc) is 2.04. The quantitative estimate of drug-likeness (QED) is 0.754. The maximum Gasteiger partial charge on any atom is 0.00177 e. The Balaban J connectivity index is 0.000001000. The molecule has 0 spiro atoms. The van der Waals surface area contributed by atoms with E-state index in [0.717, 1.165) is 11.1 Å². The molecule has 0 saturated carbocycles. The van der Waals surface area contributed by atoms with Crippen molar-refractivity contribution in [2.24, 2.45) is 5.73 Å². The molecule has 0 aliphatic rings. The van der Waals surface area contributed by atoms with Crippen LogP contribution in [0, 0.1) is 6.58 Å². The fourth-order valence-corrected chi connectivity index (χ4v) is 0.883. The van der Waals surface area contributed by atoms with Crippen LogP contribution in [0.25, 0.3) is 6.08 Å². The Bertz CT molecular complexity index is 233. The van der Waals surface area contributed by atoms with Gasteiger partial charge in [-0.2, -0.15) is 5.56 Å². The van der Waals surface area contributed by atoms with Crippen molar-refractivity contribution in [1.29, 1.82) is 0 Å². The Kier molecular flexibility index (Phi) is 5.66. The predicted octanol–water partition coefficient (Wildman–Crippen LogP) is 1.59. The first-order valence-corrected chi connectivity index (χ1v) is 3.21. The van der Waals surface area contributed by atoms with Crippen molar-refractivity contribution in [3.8, 4) is 0 Å². The summed E-state index contributed by atoms with van der Waals surface area (Å²) in [6, 6.07) is 7.81. The van der Waals surface area contributed by atoms with Crippen LogP contribution in [0.5, 0.6) is 0 Å². The van der Waals surface area contributed by atoms with E-state index < -0.39 is 0 Å². The van der Waals surface area contributed by atoms with Crippen molar-refractivity contribution in [2.45, 2.75) is 6.54 Å². The zero-order valence-electron chi connectivity index (χ0n) is 6.33. The molecule has 2 N–H and O–H groups in total. The van der Waals surface area contributed by atoms with Crippen LogP contribution in [-0.2, 0) is 39.3 Å². The van der Waals surface area contributed by atoms with Crippen molar-refractivity contribution in [2.75, 3.05) is 0 Å². The Hall–Kier alpha value is 0.0239. The van der Waals surface area contributed by atoms with E-state index in [9.17, 15) is 0 Å². The molecule has 0 aromatic heterocycles. The molecule has 0 heterocycles. The van der Waals surface area contributed by atoms with Crippen molar-refractivity contribution >= 4 is 6.08 Å². The second-order valence-electron chi connectivity index (χ2n) is 2.07. The van der Waals surface area contributed by atoms with Crippen molar-refractivity contribution in [3.05, 3.63) is 42.0 Å². The summed E-state index contributed by atoms with van der Waals surface area (Å²) in [7, 11) is 0. The smallest absolute Gasteiger partial charge is 0.00177 e. The first kappa shape index (κ1) is 11.0. The van der Waals surface area contributed by atoms with E-state index in [4.69, 9.17) is 12.3 Å². The Morgan fingerprint density at radius 2 is 2.00 bits per heavy atom. The molecule has 0 fully saturated rings. The van der Waals surface area contributed by atoms with Gasteiger partial charge in [0.1, 0.15) is 0 Å². The van der Waals surface area contributed by atoms with Gasteiger partial charge in [0.15, 0.2) is 0 Å². The summed E-state index contributed by atoms with van der Waals surface area (Å²) in [5.41, 5.74) is 7.56. The zero-order chi connectivity index (χ0) is 7.40. The van der Waals surface area contributed by atoms with Gasteiger partial charge in [-0.05, 0) is 0 Å². The number of hydrogen-bond acceptors (Lipinski definition) is 1. The van der Waals surface area contributed by atoms with Gasteiger partial charge < -0.3 is 5.73 Å². The predicted molar refractivity (Wildman–Crippen MR) is 43.1 cm³/mol. The fraction of sp³-hybridized carbons (Fsp3) is 0.111. The minimum atomic E-state index is 0. The second kappa shape index (κ2) is 5.65. The summed E-state index contributed by atoms with van der Waals surface area (Å²) in [6.07, 6.45) is 1.57. The Labute approximate surface area is 92.6 Å². The first-order chi connectivity index (χ1) is 4.88. The molecule has 1 aromatic carbocycles. The van der Waals surface area contributed by atoms with Gasteiger partial charge in [0.25, 0.3) is 0 Å². The molecule has 1 nitrogen and oxygen atoms in total. The minimum absolute atomic E-state index is 0. The van der Waals surface area contributed by atoms with Crippen molar-refractivity contribution in [3.63, 3.8) is 0 Å². The molecule has 0 unspecified atom stereocenters. The molecule has 0 aliphatic heterocycles. The molecule has 11 heavy (non-hydrogen) atoms. The monoisotopic (exact) mass is 221 g/mol. The minimum Gasteiger partial charge on any atom is -0.328 e. The summed E-state index contributed by atoms with van der Waals surface area (Å²) >= 11 is 0. The molecule has 1 radical (unpaired) electrons. The van der Waals surface area contributed by atoms with Crippen LogP contribution in [0.4, 0.5) is 0 Å². The molecule has 0 amide bonds. The van der Waals surface area contributed by atoms with Crippen LogP contribution in [0.15, 0.2) is 24.3 Å². The average molecular weight is 221 g/mol.